The van der Waals surface area contributed by atoms with Gasteiger partial charge >= 0.3 is 12.1 Å². The molecule has 3 aliphatic heterocycles. The van der Waals surface area contributed by atoms with Gasteiger partial charge in [-0.1, -0.05) is 58.0 Å². The average molecular weight is 761 g/mol. The molecule has 0 spiro atoms. The Kier molecular flexibility index (Phi) is 14.4. The van der Waals surface area contributed by atoms with Crippen molar-refractivity contribution in [2.24, 2.45) is 23.7 Å². The minimum Gasteiger partial charge on any atom is -0.458 e. The number of amides is 1. The summed E-state index contributed by atoms with van der Waals surface area (Å²) in [6, 6.07) is 9.24. The van der Waals surface area contributed by atoms with Crippen molar-refractivity contribution in [3.63, 3.8) is 0 Å². The summed E-state index contributed by atoms with van der Waals surface area (Å²) in [7, 11) is 5.31. The number of cyclic esters (lactones) is 1. The van der Waals surface area contributed by atoms with E-state index in [0.717, 1.165) is 12.8 Å². The Balaban J connectivity index is 1.75. The van der Waals surface area contributed by atoms with Gasteiger partial charge in [0.15, 0.2) is 17.7 Å². The maximum absolute atomic E-state index is 14.3. The molecule has 0 aromatic heterocycles. The predicted octanol–water partition coefficient (Wildman–Crippen LogP) is 5.40. The van der Waals surface area contributed by atoms with Crippen LogP contribution < -0.4 is 0 Å². The summed E-state index contributed by atoms with van der Waals surface area (Å²) in [4.78, 5) is 45.8. The maximum atomic E-state index is 14.3. The van der Waals surface area contributed by atoms with Crippen LogP contribution in [0, 0.1) is 23.7 Å². The third-order valence-electron chi connectivity index (χ3n) is 13.1. The molecule has 3 fully saturated rings. The van der Waals surface area contributed by atoms with Crippen molar-refractivity contribution in [3.8, 4) is 0 Å². The van der Waals surface area contributed by atoms with Crippen LogP contribution in [-0.2, 0) is 39.7 Å². The van der Waals surface area contributed by atoms with Crippen LogP contribution in [0.1, 0.15) is 100.0 Å². The number of hydrogen-bond donors (Lipinski definition) is 2. The van der Waals surface area contributed by atoms with E-state index in [9.17, 15) is 24.6 Å². The summed E-state index contributed by atoms with van der Waals surface area (Å²) < 4.78 is 31.4. The van der Waals surface area contributed by atoms with Gasteiger partial charge in [-0.25, -0.2) is 4.79 Å². The van der Waals surface area contributed by atoms with Gasteiger partial charge in [0.05, 0.1) is 29.5 Å². The molecule has 1 amide bonds. The summed E-state index contributed by atoms with van der Waals surface area (Å²) in [6.07, 6.45) is -1.28. The number of carbonyl (C=O) groups is 3. The smallest absolute Gasteiger partial charge is 0.410 e. The molecule has 12 heteroatoms. The molecule has 12 nitrogen and oxygen atoms in total. The van der Waals surface area contributed by atoms with E-state index in [4.69, 9.17) is 23.7 Å². The summed E-state index contributed by atoms with van der Waals surface area (Å²) in [6.45, 7) is 16.6. The van der Waals surface area contributed by atoms with E-state index in [2.05, 4.69) is 12.1 Å². The number of benzene rings is 1. The number of rotatable bonds is 10. The lowest BCUT2D eigenvalue weighted by molar-refractivity contribution is -0.296. The molecule has 3 saturated heterocycles. The topological polar surface area (TPSA) is 144 Å². The number of methoxy groups -OCH3 is 1. The molecule has 14 atom stereocenters. The van der Waals surface area contributed by atoms with Gasteiger partial charge in [0.25, 0.3) is 0 Å². The fourth-order valence-corrected chi connectivity index (χ4v) is 9.24. The fourth-order valence-electron chi connectivity index (χ4n) is 9.24. The molecule has 3 heterocycles. The van der Waals surface area contributed by atoms with E-state index in [1.807, 2.05) is 71.8 Å². The van der Waals surface area contributed by atoms with Gasteiger partial charge in [-0.3, -0.25) is 9.59 Å². The first-order valence-electron chi connectivity index (χ1n) is 19.9. The first kappa shape index (κ1) is 44.1. The van der Waals surface area contributed by atoms with Crippen LogP contribution in [0.25, 0.3) is 0 Å². The van der Waals surface area contributed by atoms with Gasteiger partial charge < -0.3 is 43.7 Å². The molecule has 306 valence electrons. The number of aliphatic hydroxyl groups is 2. The SMILES string of the molecule is CC[C@H]1OC(=O)[C@H](C)C(=O)[C@H](C)[C@@H](O[C@@H]2O[C@H](C)C[C@H](N(C)C)[C@H]2O)[C@](C)(OC)C[C@@H](C)[C@](C)(O)[C@H](C)[C@@H]2N(CCCCc3ccccc3)C(=O)O[C@@]21C. The second-order valence-electron chi connectivity index (χ2n) is 17.1. The maximum Gasteiger partial charge on any atom is 0.410 e. The predicted molar refractivity (Wildman–Crippen MR) is 205 cm³/mol. The molecule has 4 rings (SSSR count). The number of aryl methyl sites for hydroxylation is 1. The van der Waals surface area contributed by atoms with Gasteiger partial charge in [0.2, 0.25) is 0 Å². The minimum absolute atomic E-state index is 0.226. The minimum atomic E-state index is -1.43. The molecule has 2 N–H and O–H groups in total. The Bertz CT molecular complexity index is 1420. The number of likely N-dealkylation sites (N-methyl/N-ethyl adjacent to an activating group) is 1. The summed E-state index contributed by atoms with van der Waals surface area (Å²) in [5.74, 6) is -4.33. The zero-order valence-corrected chi connectivity index (χ0v) is 34.7. The monoisotopic (exact) mass is 760 g/mol. The molecule has 1 aromatic rings. The lowest BCUT2D eigenvalue weighted by Gasteiger charge is -2.50. The number of unbranched alkanes of at least 4 members (excludes halogenated alkanes) is 1. The number of aliphatic hydroxyl groups excluding tert-OH is 1. The third-order valence-corrected chi connectivity index (χ3v) is 13.1. The Labute approximate surface area is 323 Å². The van der Waals surface area contributed by atoms with Crippen molar-refractivity contribution in [2.75, 3.05) is 27.7 Å². The fraction of sp³-hybridized carbons (Fsp3) is 0.786. The highest BCUT2D eigenvalue weighted by Crippen LogP contribution is 2.47. The molecular formula is C42H68N2O10. The molecular weight excluding hydrogens is 692 g/mol. The molecule has 0 saturated carbocycles. The zero-order chi connectivity index (χ0) is 40.3. The number of hydrogen-bond acceptors (Lipinski definition) is 11. The van der Waals surface area contributed by atoms with E-state index >= 15 is 0 Å². The molecule has 0 unspecified atom stereocenters. The normalized spacial score (nSPS) is 41.3. The first-order valence-corrected chi connectivity index (χ1v) is 19.9. The largest absolute Gasteiger partial charge is 0.458 e. The van der Waals surface area contributed by atoms with E-state index in [1.54, 1.807) is 25.7 Å². The molecule has 0 radical (unpaired) electrons. The number of nitrogens with zero attached hydrogens (tertiary/aromatic N) is 2. The van der Waals surface area contributed by atoms with Gasteiger partial charge in [-0.2, -0.15) is 0 Å². The Hall–Kier alpha value is -2.61. The highest BCUT2D eigenvalue weighted by Gasteiger charge is 2.62. The van der Waals surface area contributed by atoms with Crippen LogP contribution in [0.4, 0.5) is 4.79 Å². The van der Waals surface area contributed by atoms with Gasteiger partial charge in [0.1, 0.15) is 18.1 Å². The van der Waals surface area contributed by atoms with Crippen LogP contribution in [0.3, 0.4) is 0 Å². The van der Waals surface area contributed by atoms with Crippen molar-refractivity contribution in [2.45, 2.75) is 160 Å². The first-order chi connectivity index (χ1) is 25.2. The van der Waals surface area contributed by atoms with Crippen molar-refractivity contribution in [3.05, 3.63) is 35.9 Å². The Morgan fingerprint density at radius 1 is 1.00 bits per heavy atom. The van der Waals surface area contributed by atoms with E-state index in [-0.39, 0.29) is 18.6 Å². The van der Waals surface area contributed by atoms with E-state index < -0.39 is 89.0 Å². The van der Waals surface area contributed by atoms with E-state index in [0.29, 0.717) is 25.8 Å². The highest BCUT2D eigenvalue weighted by molar-refractivity contribution is 6.00. The van der Waals surface area contributed by atoms with Crippen molar-refractivity contribution < 1.29 is 48.3 Å². The van der Waals surface area contributed by atoms with Crippen LogP contribution in [0.5, 0.6) is 0 Å². The van der Waals surface area contributed by atoms with Crippen molar-refractivity contribution in [1.82, 2.24) is 9.80 Å². The molecule has 0 bridgehead atoms. The van der Waals surface area contributed by atoms with Crippen molar-refractivity contribution in [1.29, 1.82) is 0 Å². The standard InChI is InChI=1S/C42H68N2O10/c1-13-32-42(9)35(44(39(48)54-42)22-18-17-21-30-19-15-14-16-20-30)29(6)41(8,49)25(2)24-40(7,50-12)36(27(4)33(45)28(5)37(47)52-32)53-38-34(46)31(43(10)11)23-26(3)51-38/h14-16,19-20,25-29,31-32,34-36,38,46,49H,13,17-18,21-24H2,1-12H3/t25-,26-,27+,28-,29-,31+,32-,34-,35+,36-,38+,40-,41+,42-/m1/s1. The number of carbonyl (C=O) groups excluding carboxylic acids is 3. The molecule has 54 heavy (non-hydrogen) atoms. The Morgan fingerprint density at radius 3 is 2.24 bits per heavy atom. The van der Waals surface area contributed by atoms with Crippen LogP contribution in [0.2, 0.25) is 0 Å². The molecule has 1 aromatic carbocycles. The third kappa shape index (κ3) is 8.99. The van der Waals surface area contributed by atoms with Gasteiger partial charge in [0, 0.05) is 31.5 Å². The number of ketones is 1. The number of ether oxygens (including phenoxy) is 5. The second kappa shape index (κ2) is 17.7. The summed E-state index contributed by atoms with van der Waals surface area (Å²) >= 11 is 0. The summed E-state index contributed by atoms with van der Waals surface area (Å²) in [5, 5.41) is 24.1. The van der Waals surface area contributed by atoms with Crippen LogP contribution in [-0.4, -0.2) is 125 Å². The second-order valence-corrected chi connectivity index (χ2v) is 17.1. The van der Waals surface area contributed by atoms with Crippen molar-refractivity contribution >= 4 is 17.8 Å². The molecule has 3 aliphatic rings. The van der Waals surface area contributed by atoms with Crippen LogP contribution >= 0.6 is 0 Å². The zero-order valence-electron chi connectivity index (χ0n) is 34.7. The van der Waals surface area contributed by atoms with Crippen LogP contribution in [0.15, 0.2) is 30.3 Å². The lowest BCUT2D eigenvalue weighted by Crippen LogP contribution is -2.63. The lowest BCUT2D eigenvalue weighted by atomic mass is 9.67. The van der Waals surface area contributed by atoms with E-state index in [1.165, 1.54) is 19.6 Å². The number of fused-ring (bicyclic) bond motifs is 1. The highest BCUT2D eigenvalue weighted by atomic mass is 16.7. The summed E-state index contributed by atoms with van der Waals surface area (Å²) in [5.41, 5.74) is -2.75. The number of Topliss-reactive ketones (excluding diaryl/α,β-unsaturated/α-hetero) is 1. The van der Waals surface area contributed by atoms with Gasteiger partial charge in [-0.15, -0.1) is 0 Å². The molecule has 0 aliphatic carbocycles. The average Bonchev–Trinajstić information content (AvgIpc) is 3.39. The Morgan fingerprint density at radius 2 is 1.65 bits per heavy atom. The quantitative estimate of drug-likeness (QED) is 0.180. The van der Waals surface area contributed by atoms with Gasteiger partial charge in [-0.05, 0) is 98.7 Å². The number of esters is 1.